The van der Waals surface area contributed by atoms with Crippen LogP contribution in [0.15, 0.2) is 41.4 Å². The van der Waals surface area contributed by atoms with Crippen molar-refractivity contribution in [1.82, 2.24) is 4.90 Å². The quantitative estimate of drug-likeness (QED) is 0.357. The van der Waals surface area contributed by atoms with Crippen molar-refractivity contribution in [3.63, 3.8) is 0 Å². The van der Waals surface area contributed by atoms with Crippen LogP contribution in [0.25, 0.3) is 10.8 Å². The molecule has 1 aliphatic heterocycles. The Morgan fingerprint density at radius 2 is 1.64 bits per heavy atom. The fourth-order valence-corrected chi connectivity index (χ4v) is 2.98. The van der Waals surface area contributed by atoms with E-state index in [1.54, 1.807) is 12.1 Å². The van der Waals surface area contributed by atoms with Gasteiger partial charge in [-0.25, -0.2) is 0 Å². The molecular weight excluding hydrogens is 343 g/mol. The van der Waals surface area contributed by atoms with Crippen LogP contribution in [-0.2, 0) is 0 Å². The number of rotatable bonds is 5. The summed E-state index contributed by atoms with van der Waals surface area (Å²) in [6.07, 6.45) is 1.55. The van der Waals surface area contributed by atoms with E-state index in [9.17, 15) is 9.59 Å². The van der Waals surface area contributed by atoms with Gasteiger partial charge in [-0.2, -0.15) is 0 Å². The van der Waals surface area contributed by atoms with Gasteiger partial charge in [0.25, 0.3) is 0 Å². The van der Waals surface area contributed by atoms with Gasteiger partial charge in [-0.15, -0.1) is 0 Å². The van der Waals surface area contributed by atoms with Gasteiger partial charge in [0.1, 0.15) is 0 Å². The zero-order valence-corrected chi connectivity index (χ0v) is 13.6. The van der Waals surface area contributed by atoms with Crippen LogP contribution in [0.2, 0.25) is 0 Å². The summed E-state index contributed by atoms with van der Waals surface area (Å²) in [5.41, 5.74) is 1.23. The predicted octanol–water partition coefficient (Wildman–Crippen LogP) is 2.29. The summed E-state index contributed by atoms with van der Waals surface area (Å²) in [5, 5.41) is 1.71. The van der Waals surface area contributed by atoms with E-state index in [1.807, 2.05) is 24.3 Å². The Labute approximate surface area is 136 Å². The summed E-state index contributed by atoms with van der Waals surface area (Å²) in [5.74, 6) is -0.402. The number of nitrogens with zero attached hydrogens (tertiary/aromatic N) is 2. The zero-order chi connectivity index (χ0) is 15.5. The van der Waals surface area contributed by atoms with Crippen molar-refractivity contribution in [2.24, 2.45) is 4.99 Å². The van der Waals surface area contributed by atoms with E-state index in [1.165, 1.54) is 4.90 Å². The molecular formula is C17H14N2O2Se. The molecule has 0 bridgehead atoms. The summed E-state index contributed by atoms with van der Waals surface area (Å²) in [6.45, 7) is 1.07. The molecule has 0 aliphatic carbocycles. The van der Waals surface area contributed by atoms with Crippen molar-refractivity contribution in [2.45, 2.75) is 12.8 Å². The Morgan fingerprint density at radius 3 is 2.23 bits per heavy atom. The van der Waals surface area contributed by atoms with Gasteiger partial charge in [0.15, 0.2) is 0 Å². The Morgan fingerprint density at radius 1 is 1.00 bits per heavy atom. The number of carbonyl (C=O) groups excluding carboxylic acids is 2. The van der Waals surface area contributed by atoms with E-state index < -0.39 is 0 Å². The van der Waals surface area contributed by atoms with Crippen molar-refractivity contribution < 1.29 is 9.59 Å². The van der Waals surface area contributed by atoms with E-state index in [0.29, 0.717) is 24.2 Å². The van der Waals surface area contributed by atoms with E-state index in [2.05, 4.69) is 25.3 Å². The first kappa shape index (κ1) is 14.9. The van der Waals surface area contributed by atoms with Gasteiger partial charge in [0.2, 0.25) is 0 Å². The third-order valence-electron chi connectivity index (χ3n) is 3.82. The zero-order valence-electron chi connectivity index (χ0n) is 11.9. The molecule has 4 nitrogen and oxygen atoms in total. The van der Waals surface area contributed by atoms with Crippen molar-refractivity contribution in [2.75, 3.05) is 13.1 Å². The number of amides is 2. The first-order valence-electron chi connectivity index (χ1n) is 7.15. The maximum atomic E-state index is 12.6. The number of hydrogen-bond acceptors (Lipinski definition) is 3. The maximum absolute atomic E-state index is 12.6. The fraction of sp³-hybridized carbons (Fsp3) is 0.235. The minimum absolute atomic E-state index is 0.201. The van der Waals surface area contributed by atoms with Gasteiger partial charge in [0, 0.05) is 0 Å². The van der Waals surface area contributed by atoms with Gasteiger partial charge >= 0.3 is 136 Å². The topological polar surface area (TPSA) is 49.7 Å². The Hall–Kier alpha value is -2.06. The summed E-state index contributed by atoms with van der Waals surface area (Å²) in [7, 11) is 0. The Kier molecular flexibility index (Phi) is 4.30. The molecule has 0 N–H and O–H groups in total. The van der Waals surface area contributed by atoms with Crippen LogP contribution >= 0.6 is 0 Å². The average molecular weight is 357 g/mol. The van der Waals surface area contributed by atoms with Gasteiger partial charge in [-0.05, 0) is 0 Å². The molecule has 22 heavy (non-hydrogen) atoms. The second kappa shape index (κ2) is 6.37. The average Bonchev–Trinajstić information content (AvgIpc) is 2.55. The van der Waals surface area contributed by atoms with E-state index in [0.717, 1.165) is 23.6 Å². The normalized spacial score (nSPS) is 13.4. The molecule has 0 unspecified atom stereocenters. The third-order valence-corrected chi connectivity index (χ3v) is 4.09. The van der Waals surface area contributed by atoms with Crippen molar-refractivity contribution >= 4 is 42.9 Å². The molecule has 2 aromatic carbocycles. The molecule has 0 radical (unpaired) electrons. The molecule has 3 rings (SSSR count). The molecule has 0 fully saturated rings. The summed E-state index contributed by atoms with van der Waals surface area (Å²) in [6, 6.07) is 11.1. The number of imide groups is 1. The summed E-state index contributed by atoms with van der Waals surface area (Å²) >= 11 is 2.58. The Balaban J connectivity index is 1.89. The van der Waals surface area contributed by atoms with Crippen LogP contribution in [-0.4, -0.2) is 50.1 Å². The molecule has 0 saturated heterocycles. The molecule has 0 spiro atoms. The first-order valence-corrected chi connectivity index (χ1v) is 8.01. The predicted molar refractivity (Wildman–Crippen MR) is 86.6 cm³/mol. The number of unbranched alkanes of at least 4 members (excludes halogenated alkanes) is 1. The molecule has 0 aromatic heterocycles. The van der Waals surface area contributed by atoms with Crippen LogP contribution < -0.4 is 0 Å². The Bertz CT molecular complexity index is 759. The van der Waals surface area contributed by atoms with E-state index >= 15 is 0 Å². The molecule has 110 valence electrons. The molecule has 0 atom stereocenters. The van der Waals surface area contributed by atoms with Crippen LogP contribution in [0.4, 0.5) is 0 Å². The van der Waals surface area contributed by atoms with Crippen LogP contribution in [0, 0.1) is 0 Å². The molecule has 2 amide bonds. The van der Waals surface area contributed by atoms with Gasteiger partial charge < -0.3 is 0 Å². The van der Waals surface area contributed by atoms with Gasteiger partial charge in [-0.3, -0.25) is 0 Å². The van der Waals surface area contributed by atoms with E-state index in [-0.39, 0.29) is 11.8 Å². The number of hydrogen-bond donors (Lipinski definition) is 0. The number of carbonyl (C=O) groups is 2. The van der Waals surface area contributed by atoms with Crippen molar-refractivity contribution in [1.29, 1.82) is 0 Å². The molecule has 2 aromatic rings. The van der Waals surface area contributed by atoms with Crippen LogP contribution in [0.1, 0.15) is 33.6 Å². The summed E-state index contributed by atoms with van der Waals surface area (Å²) in [4.78, 5) is 30.5. The molecule has 0 saturated carbocycles. The fourth-order valence-electron chi connectivity index (χ4n) is 2.79. The SMILES string of the molecule is O=C1c2cccc3cccc(c23)C(=O)N1CCCCN=C=[Se]. The van der Waals surface area contributed by atoms with Crippen LogP contribution in [0.5, 0.6) is 0 Å². The number of aliphatic imine (C=N–C) groups is 1. The third kappa shape index (κ3) is 2.55. The van der Waals surface area contributed by atoms with Crippen molar-refractivity contribution in [3.8, 4) is 0 Å². The molecule has 5 heteroatoms. The van der Waals surface area contributed by atoms with Gasteiger partial charge in [0.05, 0.1) is 0 Å². The summed E-state index contributed by atoms with van der Waals surface area (Å²) < 4.78 is 2.60. The standard InChI is InChI=1S/C17H14N2O2Se/c20-16-13-7-3-5-12-6-4-8-14(15(12)13)17(21)19(16)10-2-1-9-18-11-22/h3-8H,1-2,9-10H2. The minimum atomic E-state index is -0.201. The van der Waals surface area contributed by atoms with Gasteiger partial charge in [-0.1, -0.05) is 0 Å². The van der Waals surface area contributed by atoms with Crippen LogP contribution in [0.3, 0.4) is 0 Å². The monoisotopic (exact) mass is 358 g/mol. The molecule has 1 aliphatic rings. The molecule has 1 heterocycles. The second-order valence-electron chi connectivity index (χ2n) is 5.15. The first-order chi connectivity index (χ1) is 10.7. The van der Waals surface area contributed by atoms with E-state index in [4.69, 9.17) is 0 Å². The van der Waals surface area contributed by atoms with Crippen molar-refractivity contribution in [3.05, 3.63) is 47.5 Å². The second-order valence-corrected chi connectivity index (χ2v) is 5.53. The number of benzene rings is 2.